The first-order valence-corrected chi connectivity index (χ1v) is 9.83. The van der Waals surface area contributed by atoms with Gasteiger partial charge in [0.25, 0.3) is 5.56 Å². The molecule has 0 radical (unpaired) electrons. The first-order valence-electron chi connectivity index (χ1n) is 9.08. The van der Waals surface area contributed by atoms with Gasteiger partial charge in [0, 0.05) is 33.8 Å². The van der Waals surface area contributed by atoms with Crippen molar-refractivity contribution in [1.29, 1.82) is 0 Å². The number of fused-ring (bicyclic) bond motifs is 1. The van der Waals surface area contributed by atoms with E-state index >= 15 is 0 Å². The van der Waals surface area contributed by atoms with Crippen molar-refractivity contribution in [3.05, 3.63) is 97.7 Å². The molecule has 0 aliphatic heterocycles. The van der Waals surface area contributed by atoms with Gasteiger partial charge in [-0.25, -0.2) is 4.79 Å². The largest absolute Gasteiger partial charge is 0.488 e. The molecule has 4 rings (SSSR count). The molecule has 0 amide bonds. The maximum absolute atomic E-state index is 11.8. The second-order valence-electron chi connectivity index (χ2n) is 6.47. The first-order chi connectivity index (χ1) is 14.5. The molecule has 0 aliphatic carbocycles. The van der Waals surface area contributed by atoms with E-state index < -0.39 is 11.2 Å². The van der Waals surface area contributed by atoms with Crippen LogP contribution in [0.2, 0.25) is 10.0 Å². The van der Waals surface area contributed by atoms with Crippen molar-refractivity contribution in [2.24, 2.45) is 0 Å². The van der Waals surface area contributed by atoms with Crippen LogP contribution in [0.15, 0.2) is 76.4 Å². The van der Waals surface area contributed by atoms with Crippen LogP contribution in [-0.2, 0) is 6.54 Å². The Bertz CT molecular complexity index is 1330. The molecule has 3 aromatic carbocycles. The third-order valence-electron chi connectivity index (χ3n) is 4.40. The molecule has 0 unspecified atom stereocenters. The van der Waals surface area contributed by atoms with Gasteiger partial charge in [-0.05, 0) is 41.8 Å². The monoisotopic (exact) mass is 442 g/mol. The van der Waals surface area contributed by atoms with E-state index in [1.165, 1.54) is 16.8 Å². The smallest absolute Gasteiger partial charge is 0.328 e. The van der Waals surface area contributed by atoms with Crippen molar-refractivity contribution in [2.45, 2.75) is 6.54 Å². The van der Waals surface area contributed by atoms with Crippen LogP contribution < -0.4 is 20.7 Å². The second-order valence-corrected chi connectivity index (χ2v) is 7.34. The molecular weight excluding hydrogens is 427 g/mol. The molecule has 0 bridgehead atoms. The Balaban J connectivity index is 1.56. The highest BCUT2D eigenvalue weighted by atomic mass is 35.5. The fourth-order valence-corrected chi connectivity index (χ4v) is 3.40. The summed E-state index contributed by atoms with van der Waals surface area (Å²) in [5.41, 5.74) is -0.925. The average molecular weight is 443 g/mol. The van der Waals surface area contributed by atoms with Crippen molar-refractivity contribution < 1.29 is 9.47 Å². The number of aromatic nitrogens is 2. The standard InChI is InChI=1S/C22H16Cl2N2O4/c23-15-5-6-17-14(11-15)12-16(24)13-20(17)30-19-4-2-1-3-18(19)29-10-9-26-8-7-21(27)25-22(26)28/h1-8,11-13H,9-10H2,(H,25,27,28). The Morgan fingerprint density at radius 3 is 2.43 bits per heavy atom. The normalized spacial score (nSPS) is 10.9. The van der Waals surface area contributed by atoms with Gasteiger partial charge in [0.05, 0.1) is 6.54 Å². The highest BCUT2D eigenvalue weighted by Gasteiger charge is 2.11. The number of para-hydroxylation sites is 2. The van der Waals surface area contributed by atoms with Gasteiger partial charge < -0.3 is 9.47 Å². The predicted molar refractivity (Wildman–Crippen MR) is 117 cm³/mol. The molecule has 8 heteroatoms. The quantitative estimate of drug-likeness (QED) is 0.462. The molecule has 0 saturated carbocycles. The molecular formula is C22H16Cl2N2O4. The molecule has 6 nitrogen and oxygen atoms in total. The van der Waals surface area contributed by atoms with Crippen LogP contribution in [0.25, 0.3) is 10.8 Å². The molecule has 0 spiro atoms. The topological polar surface area (TPSA) is 73.3 Å². The number of rotatable bonds is 6. The van der Waals surface area contributed by atoms with E-state index in [1.807, 2.05) is 30.3 Å². The Morgan fingerprint density at radius 1 is 0.867 bits per heavy atom. The number of H-pyrrole nitrogens is 1. The minimum atomic E-state index is -0.486. The van der Waals surface area contributed by atoms with Crippen LogP contribution in [0.1, 0.15) is 0 Å². The van der Waals surface area contributed by atoms with E-state index in [0.29, 0.717) is 27.3 Å². The maximum Gasteiger partial charge on any atom is 0.328 e. The van der Waals surface area contributed by atoms with Crippen LogP contribution in [0.3, 0.4) is 0 Å². The van der Waals surface area contributed by atoms with E-state index in [2.05, 4.69) is 4.98 Å². The zero-order valence-electron chi connectivity index (χ0n) is 15.6. The van der Waals surface area contributed by atoms with Gasteiger partial charge >= 0.3 is 5.69 Å². The van der Waals surface area contributed by atoms with Crippen molar-refractivity contribution in [3.8, 4) is 17.2 Å². The van der Waals surface area contributed by atoms with Crippen LogP contribution in [-0.4, -0.2) is 16.2 Å². The summed E-state index contributed by atoms with van der Waals surface area (Å²) in [6.07, 6.45) is 1.43. The molecule has 30 heavy (non-hydrogen) atoms. The highest BCUT2D eigenvalue weighted by Crippen LogP contribution is 2.37. The lowest BCUT2D eigenvalue weighted by Crippen LogP contribution is -2.30. The minimum absolute atomic E-state index is 0.207. The zero-order valence-corrected chi connectivity index (χ0v) is 17.1. The van der Waals surface area contributed by atoms with Crippen molar-refractivity contribution in [3.63, 3.8) is 0 Å². The number of hydrogen-bond donors (Lipinski definition) is 1. The van der Waals surface area contributed by atoms with Gasteiger partial charge in [-0.15, -0.1) is 0 Å². The van der Waals surface area contributed by atoms with Gasteiger partial charge in [0.1, 0.15) is 12.4 Å². The second kappa shape index (κ2) is 8.65. The third kappa shape index (κ3) is 4.50. The lowest BCUT2D eigenvalue weighted by molar-refractivity contribution is 0.283. The summed E-state index contributed by atoms with van der Waals surface area (Å²) in [5, 5.41) is 2.85. The third-order valence-corrected chi connectivity index (χ3v) is 4.85. The lowest BCUT2D eigenvalue weighted by atomic mass is 10.1. The summed E-state index contributed by atoms with van der Waals surface area (Å²) in [4.78, 5) is 25.1. The van der Waals surface area contributed by atoms with Crippen molar-refractivity contribution >= 4 is 34.0 Å². The summed E-state index contributed by atoms with van der Waals surface area (Å²) >= 11 is 12.3. The summed E-state index contributed by atoms with van der Waals surface area (Å²) in [5.74, 6) is 1.59. The molecule has 0 atom stereocenters. The average Bonchev–Trinajstić information content (AvgIpc) is 2.70. The summed E-state index contributed by atoms with van der Waals surface area (Å²) in [7, 11) is 0. The van der Waals surface area contributed by atoms with Gasteiger partial charge in [0.15, 0.2) is 11.5 Å². The summed E-state index contributed by atoms with van der Waals surface area (Å²) < 4.78 is 13.3. The predicted octanol–water partition coefficient (Wildman–Crippen LogP) is 4.87. The Morgan fingerprint density at radius 2 is 1.63 bits per heavy atom. The van der Waals surface area contributed by atoms with E-state index in [-0.39, 0.29) is 13.2 Å². The number of nitrogens with one attached hydrogen (secondary N) is 1. The lowest BCUT2D eigenvalue weighted by Gasteiger charge is -2.14. The molecule has 0 fully saturated rings. The van der Waals surface area contributed by atoms with E-state index in [0.717, 1.165) is 10.8 Å². The molecule has 0 aliphatic rings. The number of aromatic amines is 1. The fraction of sp³-hybridized carbons (Fsp3) is 0.0909. The Hall–Kier alpha value is -3.22. The van der Waals surface area contributed by atoms with Gasteiger partial charge in [-0.3, -0.25) is 14.3 Å². The van der Waals surface area contributed by atoms with Gasteiger partial charge in [-0.2, -0.15) is 0 Å². The first kappa shape index (κ1) is 20.1. The fourth-order valence-electron chi connectivity index (χ4n) is 3.00. The number of hydrogen-bond acceptors (Lipinski definition) is 4. The van der Waals surface area contributed by atoms with Crippen molar-refractivity contribution in [2.75, 3.05) is 6.61 Å². The zero-order chi connectivity index (χ0) is 21.1. The van der Waals surface area contributed by atoms with E-state index in [9.17, 15) is 9.59 Å². The van der Waals surface area contributed by atoms with Crippen molar-refractivity contribution in [1.82, 2.24) is 9.55 Å². The van der Waals surface area contributed by atoms with Crippen LogP contribution in [0, 0.1) is 0 Å². The number of halogens is 2. The minimum Gasteiger partial charge on any atom is -0.488 e. The van der Waals surface area contributed by atoms with Gasteiger partial charge in [0.2, 0.25) is 0 Å². The highest BCUT2D eigenvalue weighted by molar-refractivity contribution is 6.33. The number of nitrogens with zero attached hydrogens (tertiary/aromatic N) is 1. The molecule has 1 aromatic heterocycles. The number of benzene rings is 3. The SMILES string of the molecule is O=c1ccn(CCOc2ccccc2Oc2cc(Cl)cc3cc(Cl)ccc23)c(=O)[nH]1. The molecule has 0 saturated heterocycles. The van der Waals surface area contributed by atoms with Gasteiger partial charge in [-0.1, -0.05) is 35.3 Å². The summed E-state index contributed by atoms with van der Waals surface area (Å²) in [6.45, 7) is 0.473. The summed E-state index contributed by atoms with van der Waals surface area (Å²) in [6, 6.07) is 17.5. The molecule has 1 N–H and O–H groups in total. The molecule has 4 aromatic rings. The number of ether oxygens (including phenoxy) is 2. The Kier molecular flexibility index (Phi) is 5.79. The maximum atomic E-state index is 11.8. The molecule has 1 heterocycles. The van der Waals surface area contributed by atoms with Crippen LogP contribution in [0.5, 0.6) is 17.2 Å². The van der Waals surface area contributed by atoms with E-state index in [4.69, 9.17) is 32.7 Å². The van der Waals surface area contributed by atoms with Crippen LogP contribution >= 0.6 is 23.2 Å². The molecule has 152 valence electrons. The van der Waals surface area contributed by atoms with Crippen LogP contribution in [0.4, 0.5) is 0 Å². The van der Waals surface area contributed by atoms with E-state index in [1.54, 1.807) is 24.3 Å². The Labute approximate surface area is 181 Å².